The number of ether oxygens (including phenoxy) is 1. The van der Waals surface area contributed by atoms with Crippen molar-refractivity contribution in [2.24, 2.45) is 0 Å². The molecule has 1 aromatic heterocycles. The van der Waals surface area contributed by atoms with Gasteiger partial charge >= 0.3 is 0 Å². The number of ketones is 1. The van der Waals surface area contributed by atoms with Crippen LogP contribution in [0.2, 0.25) is 0 Å². The van der Waals surface area contributed by atoms with Gasteiger partial charge in [-0.1, -0.05) is 29.8 Å². The Morgan fingerprint density at radius 2 is 1.83 bits per heavy atom. The molecule has 4 nitrogen and oxygen atoms in total. The molecule has 4 heteroatoms. The molecule has 1 atom stereocenters. The Balaban J connectivity index is 1.86. The lowest BCUT2D eigenvalue weighted by Crippen LogP contribution is -2.16. The number of methoxy groups -OCH3 is 1. The first-order valence-corrected chi connectivity index (χ1v) is 7.90. The standard InChI is InChI=1S/C20H20N2O2/c1-15-4-6-16(7-5-15)19(22-13-3-12-21-22)14-20(23)17-8-10-18(24-2)11-9-17/h3-13,19H,14H2,1-2H3/t19-/m1/s1. The van der Waals surface area contributed by atoms with Crippen molar-refractivity contribution >= 4 is 5.78 Å². The monoisotopic (exact) mass is 320 g/mol. The number of benzene rings is 2. The number of hydrogen-bond acceptors (Lipinski definition) is 3. The van der Waals surface area contributed by atoms with Crippen LogP contribution in [0.3, 0.4) is 0 Å². The number of carbonyl (C=O) groups is 1. The van der Waals surface area contributed by atoms with Gasteiger partial charge in [0.1, 0.15) is 5.75 Å². The summed E-state index contributed by atoms with van der Waals surface area (Å²) in [7, 11) is 1.61. The Bertz CT molecular complexity index is 791. The average Bonchev–Trinajstić information content (AvgIpc) is 3.15. The molecule has 122 valence electrons. The normalized spacial score (nSPS) is 11.9. The Kier molecular flexibility index (Phi) is 4.75. The molecule has 0 spiro atoms. The van der Waals surface area contributed by atoms with Gasteiger partial charge in [-0.05, 0) is 42.8 Å². The molecule has 2 aromatic carbocycles. The van der Waals surface area contributed by atoms with Crippen LogP contribution in [0.4, 0.5) is 0 Å². The summed E-state index contributed by atoms with van der Waals surface area (Å²) in [5.74, 6) is 0.826. The fourth-order valence-electron chi connectivity index (χ4n) is 2.69. The summed E-state index contributed by atoms with van der Waals surface area (Å²) in [6.45, 7) is 2.05. The smallest absolute Gasteiger partial charge is 0.165 e. The van der Waals surface area contributed by atoms with Crippen LogP contribution < -0.4 is 4.74 Å². The molecule has 24 heavy (non-hydrogen) atoms. The summed E-state index contributed by atoms with van der Waals surface area (Å²) < 4.78 is 6.98. The van der Waals surface area contributed by atoms with Gasteiger partial charge in [0.25, 0.3) is 0 Å². The second-order valence-electron chi connectivity index (χ2n) is 5.77. The fourth-order valence-corrected chi connectivity index (χ4v) is 2.69. The lowest BCUT2D eigenvalue weighted by atomic mass is 9.97. The molecule has 0 bridgehead atoms. The van der Waals surface area contributed by atoms with Gasteiger partial charge in [-0.15, -0.1) is 0 Å². The minimum Gasteiger partial charge on any atom is -0.497 e. The molecular formula is C20H20N2O2. The van der Waals surface area contributed by atoms with Crippen LogP contribution in [-0.4, -0.2) is 22.7 Å². The van der Waals surface area contributed by atoms with Crippen molar-refractivity contribution in [3.63, 3.8) is 0 Å². The molecule has 0 unspecified atom stereocenters. The molecule has 3 aromatic rings. The molecule has 0 aliphatic rings. The minimum absolute atomic E-state index is 0.0822. The van der Waals surface area contributed by atoms with Gasteiger partial charge in [0, 0.05) is 24.4 Å². The highest BCUT2D eigenvalue weighted by Gasteiger charge is 2.19. The first-order chi connectivity index (χ1) is 11.7. The van der Waals surface area contributed by atoms with Crippen LogP contribution in [0.25, 0.3) is 0 Å². The SMILES string of the molecule is COc1ccc(C(=O)C[C@H](c2ccc(C)cc2)n2cccn2)cc1. The molecule has 0 saturated carbocycles. The van der Waals surface area contributed by atoms with Crippen molar-refractivity contribution in [3.8, 4) is 5.75 Å². The molecule has 0 fully saturated rings. The van der Waals surface area contributed by atoms with E-state index in [1.165, 1.54) is 5.56 Å². The number of aryl methyl sites for hydroxylation is 1. The minimum atomic E-state index is -0.116. The second-order valence-corrected chi connectivity index (χ2v) is 5.77. The number of hydrogen-bond donors (Lipinski definition) is 0. The molecule has 0 aliphatic heterocycles. The molecule has 0 saturated heterocycles. The predicted octanol–water partition coefficient (Wildman–Crippen LogP) is 4.06. The lowest BCUT2D eigenvalue weighted by Gasteiger charge is -2.18. The van der Waals surface area contributed by atoms with E-state index in [9.17, 15) is 4.79 Å². The van der Waals surface area contributed by atoms with E-state index in [4.69, 9.17) is 4.74 Å². The van der Waals surface area contributed by atoms with E-state index in [0.717, 1.165) is 11.3 Å². The summed E-state index contributed by atoms with van der Waals surface area (Å²) in [6.07, 6.45) is 3.99. The highest BCUT2D eigenvalue weighted by atomic mass is 16.5. The second kappa shape index (κ2) is 7.13. The van der Waals surface area contributed by atoms with Crippen LogP contribution in [-0.2, 0) is 0 Å². The lowest BCUT2D eigenvalue weighted by molar-refractivity contribution is 0.0967. The predicted molar refractivity (Wildman–Crippen MR) is 93.5 cm³/mol. The highest BCUT2D eigenvalue weighted by molar-refractivity contribution is 5.96. The van der Waals surface area contributed by atoms with Gasteiger partial charge in [0.15, 0.2) is 5.78 Å². The van der Waals surface area contributed by atoms with Crippen molar-refractivity contribution in [2.75, 3.05) is 7.11 Å². The Hall–Kier alpha value is -2.88. The number of rotatable bonds is 6. The van der Waals surface area contributed by atoms with Gasteiger partial charge in [-0.3, -0.25) is 9.48 Å². The zero-order chi connectivity index (χ0) is 16.9. The van der Waals surface area contributed by atoms with Crippen LogP contribution >= 0.6 is 0 Å². The molecule has 0 N–H and O–H groups in total. The van der Waals surface area contributed by atoms with Crippen LogP contribution in [0.5, 0.6) is 5.75 Å². The largest absolute Gasteiger partial charge is 0.497 e. The number of nitrogens with zero attached hydrogens (tertiary/aromatic N) is 2. The van der Waals surface area contributed by atoms with E-state index in [1.807, 2.05) is 29.1 Å². The maximum Gasteiger partial charge on any atom is 0.165 e. The third-order valence-electron chi connectivity index (χ3n) is 4.10. The van der Waals surface area contributed by atoms with Gasteiger partial charge in [-0.25, -0.2) is 0 Å². The quantitative estimate of drug-likeness (QED) is 0.643. The molecule has 0 aliphatic carbocycles. The maximum atomic E-state index is 12.7. The third kappa shape index (κ3) is 3.54. The fraction of sp³-hybridized carbons (Fsp3) is 0.200. The van der Waals surface area contributed by atoms with Crippen LogP contribution in [0.15, 0.2) is 67.0 Å². The third-order valence-corrected chi connectivity index (χ3v) is 4.10. The number of carbonyl (C=O) groups excluding carboxylic acids is 1. The number of Topliss-reactive ketones (excluding diaryl/α,β-unsaturated/α-hetero) is 1. The van der Waals surface area contributed by atoms with E-state index >= 15 is 0 Å². The van der Waals surface area contributed by atoms with E-state index in [1.54, 1.807) is 25.4 Å². The Morgan fingerprint density at radius 1 is 1.12 bits per heavy atom. The molecule has 0 amide bonds. The molecular weight excluding hydrogens is 300 g/mol. The summed E-state index contributed by atoms with van der Waals surface area (Å²) in [4.78, 5) is 12.7. The molecule has 3 rings (SSSR count). The topological polar surface area (TPSA) is 44.1 Å². The first-order valence-electron chi connectivity index (χ1n) is 7.90. The first kappa shape index (κ1) is 16.0. The van der Waals surface area contributed by atoms with E-state index < -0.39 is 0 Å². The summed E-state index contributed by atoms with van der Waals surface area (Å²) >= 11 is 0. The zero-order valence-electron chi connectivity index (χ0n) is 13.8. The van der Waals surface area contributed by atoms with Crippen LogP contribution in [0, 0.1) is 6.92 Å². The molecule has 0 radical (unpaired) electrons. The van der Waals surface area contributed by atoms with E-state index in [0.29, 0.717) is 12.0 Å². The summed E-state index contributed by atoms with van der Waals surface area (Å²) in [5, 5.41) is 4.33. The van der Waals surface area contributed by atoms with Crippen molar-refractivity contribution in [3.05, 3.63) is 83.7 Å². The average molecular weight is 320 g/mol. The van der Waals surface area contributed by atoms with Crippen molar-refractivity contribution < 1.29 is 9.53 Å². The van der Waals surface area contributed by atoms with Crippen molar-refractivity contribution in [2.45, 2.75) is 19.4 Å². The van der Waals surface area contributed by atoms with Gasteiger partial charge in [-0.2, -0.15) is 5.10 Å². The van der Waals surface area contributed by atoms with Crippen molar-refractivity contribution in [1.29, 1.82) is 0 Å². The summed E-state index contributed by atoms with van der Waals surface area (Å²) in [6, 6.07) is 17.2. The van der Waals surface area contributed by atoms with Gasteiger partial charge in [0.2, 0.25) is 0 Å². The number of aromatic nitrogens is 2. The summed E-state index contributed by atoms with van der Waals surface area (Å²) in [5.41, 5.74) is 2.95. The molecule has 1 heterocycles. The Labute approximate surface area is 141 Å². The zero-order valence-corrected chi connectivity index (χ0v) is 13.8. The van der Waals surface area contributed by atoms with E-state index in [2.05, 4.69) is 36.3 Å². The van der Waals surface area contributed by atoms with Crippen molar-refractivity contribution in [1.82, 2.24) is 9.78 Å². The van der Waals surface area contributed by atoms with Gasteiger partial charge in [0.05, 0.1) is 13.2 Å². The van der Waals surface area contributed by atoms with E-state index in [-0.39, 0.29) is 11.8 Å². The van der Waals surface area contributed by atoms with Gasteiger partial charge < -0.3 is 4.74 Å². The highest BCUT2D eigenvalue weighted by Crippen LogP contribution is 2.24. The van der Waals surface area contributed by atoms with Crippen LogP contribution in [0.1, 0.15) is 33.9 Å². The maximum absolute atomic E-state index is 12.7. The Morgan fingerprint density at radius 3 is 2.42 bits per heavy atom.